The van der Waals surface area contributed by atoms with Crippen LogP contribution in [0.15, 0.2) is 73.2 Å². The van der Waals surface area contributed by atoms with Gasteiger partial charge in [0.2, 0.25) is 0 Å². The summed E-state index contributed by atoms with van der Waals surface area (Å²) >= 11 is 0. The van der Waals surface area contributed by atoms with E-state index < -0.39 is 0 Å². The number of aromatic amines is 1. The molecule has 0 amide bonds. The van der Waals surface area contributed by atoms with Gasteiger partial charge in [-0.25, -0.2) is 0 Å². The first-order valence-corrected chi connectivity index (χ1v) is 9.97. The van der Waals surface area contributed by atoms with Gasteiger partial charge in [0, 0.05) is 59.6 Å². The Hall–Kier alpha value is -3.27. The number of pyridine rings is 1. The van der Waals surface area contributed by atoms with Crippen LogP contribution in [-0.2, 0) is 12.8 Å². The molecular formula is C24H24N4. The first-order valence-electron chi connectivity index (χ1n) is 9.97. The SMILES string of the molecule is c1ccc2c(CCN3CCCc4cc(Nc5ccncc5)ccc43)c[nH]c2c1. The Morgan fingerprint density at radius 1 is 1.00 bits per heavy atom. The highest BCUT2D eigenvalue weighted by Crippen LogP contribution is 2.31. The van der Waals surface area contributed by atoms with Crippen LogP contribution in [0.1, 0.15) is 17.5 Å². The Morgan fingerprint density at radius 3 is 2.82 bits per heavy atom. The molecule has 5 rings (SSSR count). The maximum absolute atomic E-state index is 4.08. The Bertz CT molecular complexity index is 1080. The number of aryl methyl sites for hydroxylation is 1. The van der Waals surface area contributed by atoms with Gasteiger partial charge in [0.25, 0.3) is 0 Å². The van der Waals surface area contributed by atoms with Gasteiger partial charge in [-0.1, -0.05) is 18.2 Å². The third-order valence-electron chi connectivity index (χ3n) is 5.59. The van der Waals surface area contributed by atoms with Crippen molar-refractivity contribution in [3.8, 4) is 0 Å². The number of benzene rings is 2. The summed E-state index contributed by atoms with van der Waals surface area (Å²) < 4.78 is 0. The lowest BCUT2D eigenvalue weighted by molar-refractivity contribution is 0.689. The summed E-state index contributed by atoms with van der Waals surface area (Å²) in [5.41, 5.74) is 7.66. The van der Waals surface area contributed by atoms with E-state index in [1.807, 2.05) is 24.5 Å². The molecule has 0 aliphatic carbocycles. The van der Waals surface area contributed by atoms with Crippen molar-refractivity contribution in [2.24, 2.45) is 0 Å². The number of rotatable bonds is 5. The van der Waals surface area contributed by atoms with E-state index in [2.05, 4.69) is 68.8 Å². The predicted molar refractivity (Wildman–Crippen MR) is 116 cm³/mol. The zero-order valence-electron chi connectivity index (χ0n) is 15.9. The Labute approximate surface area is 165 Å². The Kier molecular flexibility index (Phi) is 4.45. The van der Waals surface area contributed by atoms with Crippen LogP contribution < -0.4 is 10.2 Å². The van der Waals surface area contributed by atoms with Crippen molar-refractivity contribution in [1.29, 1.82) is 0 Å². The summed E-state index contributed by atoms with van der Waals surface area (Å²) in [5, 5.41) is 4.82. The molecule has 3 heterocycles. The zero-order valence-corrected chi connectivity index (χ0v) is 15.9. The van der Waals surface area contributed by atoms with E-state index in [9.17, 15) is 0 Å². The highest BCUT2D eigenvalue weighted by Gasteiger charge is 2.17. The van der Waals surface area contributed by atoms with Crippen LogP contribution in [0.2, 0.25) is 0 Å². The number of fused-ring (bicyclic) bond motifs is 2. The van der Waals surface area contributed by atoms with E-state index in [0.717, 1.165) is 37.3 Å². The molecule has 4 aromatic rings. The van der Waals surface area contributed by atoms with Crippen molar-refractivity contribution in [1.82, 2.24) is 9.97 Å². The monoisotopic (exact) mass is 368 g/mol. The van der Waals surface area contributed by atoms with Gasteiger partial charge in [-0.3, -0.25) is 4.98 Å². The largest absolute Gasteiger partial charge is 0.371 e. The first-order chi connectivity index (χ1) is 13.9. The molecule has 1 aliphatic heterocycles. The van der Waals surface area contributed by atoms with Gasteiger partial charge in [-0.15, -0.1) is 0 Å². The molecule has 0 radical (unpaired) electrons. The number of aromatic nitrogens is 2. The van der Waals surface area contributed by atoms with Crippen molar-refractivity contribution < 1.29 is 0 Å². The Morgan fingerprint density at radius 2 is 1.89 bits per heavy atom. The van der Waals surface area contributed by atoms with Crippen LogP contribution in [0, 0.1) is 0 Å². The molecule has 0 saturated carbocycles. The second kappa shape index (κ2) is 7.39. The van der Waals surface area contributed by atoms with Crippen LogP contribution in [0.25, 0.3) is 10.9 Å². The van der Waals surface area contributed by atoms with E-state index in [4.69, 9.17) is 0 Å². The maximum Gasteiger partial charge on any atom is 0.0456 e. The molecule has 0 atom stereocenters. The number of hydrogen-bond donors (Lipinski definition) is 2. The average molecular weight is 368 g/mol. The Balaban J connectivity index is 1.33. The molecule has 0 unspecified atom stereocenters. The fraction of sp³-hybridized carbons (Fsp3) is 0.208. The number of anilines is 3. The fourth-order valence-electron chi connectivity index (χ4n) is 4.18. The molecule has 0 bridgehead atoms. The molecule has 4 nitrogen and oxygen atoms in total. The molecule has 140 valence electrons. The number of para-hydroxylation sites is 1. The summed E-state index contributed by atoms with van der Waals surface area (Å²) in [6, 6.07) is 19.3. The molecule has 1 aliphatic rings. The smallest absolute Gasteiger partial charge is 0.0456 e. The van der Waals surface area contributed by atoms with Crippen molar-refractivity contribution in [3.05, 3.63) is 84.3 Å². The third-order valence-corrected chi connectivity index (χ3v) is 5.59. The van der Waals surface area contributed by atoms with Crippen LogP contribution >= 0.6 is 0 Å². The third kappa shape index (κ3) is 3.33. The molecule has 2 N–H and O–H groups in total. The van der Waals surface area contributed by atoms with Crippen LogP contribution in [0.3, 0.4) is 0 Å². The molecule has 2 aromatic heterocycles. The molecule has 2 aromatic carbocycles. The molecule has 0 spiro atoms. The minimum atomic E-state index is 1.05. The van der Waals surface area contributed by atoms with Crippen molar-refractivity contribution in [3.63, 3.8) is 0 Å². The van der Waals surface area contributed by atoms with E-state index in [1.54, 1.807) is 0 Å². The average Bonchev–Trinajstić information content (AvgIpc) is 3.16. The highest BCUT2D eigenvalue weighted by atomic mass is 15.1. The summed E-state index contributed by atoms with van der Waals surface area (Å²) in [6.45, 7) is 2.18. The summed E-state index contributed by atoms with van der Waals surface area (Å²) in [4.78, 5) is 10.0. The molecular weight excluding hydrogens is 344 g/mol. The minimum absolute atomic E-state index is 1.05. The number of hydrogen-bond acceptors (Lipinski definition) is 3. The zero-order chi connectivity index (χ0) is 18.8. The van der Waals surface area contributed by atoms with Gasteiger partial charge in [-0.2, -0.15) is 0 Å². The fourth-order valence-corrected chi connectivity index (χ4v) is 4.18. The quantitative estimate of drug-likeness (QED) is 0.502. The molecule has 0 fully saturated rings. The minimum Gasteiger partial charge on any atom is -0.371 e. The number of nitrogens with one attached hydrogen (secondary N) is 2. The topological polar surface area (TPSA) is 44.0 Å². The predicted octanol–water partition coefficient (Wildman–Crippen LogP) is 5.30. The lowest BCUT2D eigenvalue weighted by atomic mass is 10.00. The molecule has 28 heavy (non-hydrogen) atoms. The highest BCUT2D eigenvalue weighted by molar-refractivity contribution is 5.83. The van der Waals surface area contributed by atoms with Gasteiger partial charge in [0.1, 0.15) is 0 Å². The van der Waals surface area contributed by atoms with Crippen molar-refractivity contribution in [2.75, 3.05) is 23.3 Å². The van der Waals surface area contributed by atoms with E-state index in [-0.39, 0.29) is 0 Å². The second-order valence-corrected chi connectivity index (χ2v) is 7.40. The van der Waals surface area contributed by atoms with Gasteiger partial charge in [0.05, 0.1) is 0 Å². The van der Waals surface area contributed by atoms with Crippen LogP contribution in [0.5, 0.6) is 0 Å². The summed E-state index contributed by atoms with van der Waals surface area (Å²) in [6.07, 6.45) is 9.20. The van der Waals surface area contributed by atoms with Gasteiger partial charge < -0.3 is 15.2 Å². The second-order valence-electron chi connectivity index (χ2n) is 7.40. The summed E-state index contributed by atoms with van der Waals surface area (Å²) in [5.74, 6) is 0. The lowest BCUT2D eigenvalue weighted by Crippen LogP contribution is -2.31. The number of nitrogens with zero attached hydrogens (tertiary/aromatic N) is 2. The molecule has 4 heteroatoms. The van der Waals surface area contributed by atoms with Gasteiger partial charge in [-0.05, 0) is 66.8 Å². The lowest BCUT2D eigenvalue weighted by Gasteiger charge is -2.31. The first kappa shape index (κ1) is 16.9. The van der Waals surface area contributed by atoms with Crippen LogP contribution in [-0.4, -0.2) is 23.1 Å². The normalized spacial score (nSPS) is 13.5. The summed E-state index contributed by atoms with van der Waals surface area (Å²) in [7, 11) is 0. The number of H-pyrrole nitrogens is 1. The van der Waals surface area contributed by atoms with Gasteiger partial charge >= 0.3 is 0 Å². The van der Waals surface area contributed by atoms with Crippen molar-refractivity contribution in [2.45, 2.75) is 19.3 Å². The van der Waals surface area contributed by atoms with E-state index >= 15 is 0 Å². The van der Waals surface area contributed by atoms with E-state index in [0.29, 0.717) is 0 Å². The van der Waals surface area contributed by atoms with Crippen LogP contribution in [0.4, 0.5) is 17.1 Å². The molecule has 0 saturated heterocycles. The standard InChI is InChI=1S/C24H24N4/c1-2-6-23-22(5-1)19(17-26-23)11-15-28-14-3-4-18-16-21(7-8-24(18)28)27-20-9-12-25-13-10-20/h1-2,5-10,12-13,16-17,26H,3-4,11,14-15H2,(H,25,27). The van der Waals surface area contributed by atoms with E-state index in [1.165, 1.54) is 34.1 Å². The van der Waals surface area contributed by atoms with Crippen molar-refractivity contribution >= 4 is 28.0 Å². The van der Waals surface area contributed by atoms with Gasteiger partial charge in [0.15, 0.2) is 0 Å². The maximum atomic E-state index is 4.08.